The fraction of sp³-hybridized carbons (Fsp3) is 0.212. The monoisotopic (exact) mass is 518 g/mol. The molecule has 1 aliphatic rings. The number of ether oxygens (including phenoxy) is 2. The third-order valence-electron chi connectivity index (χ3n) is 7.34. The molecule has 2 atom stereocenters. The van der Waals surface area contributed by atoms with E-state index in [1.54, 1.807) is 13.2 Å². The Balaban J connectivity index is 1.46. The van der Waals surface area contributed by atoms with Crippen LogP contribution in [0.3, 0.4) is 0 Å². The molecule has 1 aliphatic heterocycles. The first-order chi connectivity index (χ1) is 19.0. The highest BCUT2D eigenvalue weighted by Crippen LogP contribution is 2.38. The Bertz CT molecular complexity index is 1540. The predicted octanol–water partition coefficient (Wildman–Crippen LogP) is 6.00. The summed E-state index contributed by atoms with van der Waals surface area (Å²) in [5, 5.41) is 22.4. The Labute approximate surface area is 228 Å². The molecule has 6 heteroatoms. The maximum atomic E-state index is 11.9. The highest BCUT2D eigenvalue weighted by atomic mass is 16.5. The molecular formula is C33H30N2O4. The van der Waals surface area contributed by atoms with Crippen molar-refractivity contribution in [1.29, 1.82) is 5.26 Å². The number of nitrogens with one attached hydrogen (secondary N) is 1. The van der Waals surface area contributed by atoms with Gasteiger partial charge in [-0.15, -0.1) is 0 Å². The molecule has 0 aliphatic carbocycles. The molecule has 0 saturated carbocycles. The van der Waals surface area contributed by atoms with E-state index in [-0.39, 0.29) is 6.04 Å². The van der Waals surface area contributed by atoms with Crippen molar-refractivity contribution < 1.29 is 19.4 Å². The van der Waals surface area contributed by atoms with Crippen LogP contribution >= 0.6 is 0 Å². The van der Waals surface area contributed by atoms with Gasteiger partial charge in [-0.05, 0) is 83.0 Å². The molecule has 1 heterocycles. The van der Waals surface area contributed by atoms with Crippen LogP contribution in [-0.4, -0.2) is 24.2 Å². The van der Waals surface area contributed by atoms with Gasteiger partial charge >= 0.3 is 5.97 Å². The molecule has 39 heavy (non-hydrogen) atoms. The summed E-state index contributed by atoms with van der Waals surface area (Å²) < 4.78 is 12.0. The normalized spacial score (nSPS) is 16.1. The summed E-state index contributed by atoms with van der Waals surface area (Å²) in [5.74, 6) is 0.276. The number of carboxylic acid groups (broad SMARTS) is 1. The summed E-state index contributed by atoms with van der Waals surface area (Å²) in [4.78, 5) is 11.9. The number of methoxy groups -OCH3 is 1. The number of nitriles is 1. The average Bonchev–Trinajstić information content (AvgIpc) is 2.96. The highest BCUT2D eigenvalue weighted by Gasteiger charge is 2.32. The fourth-order valence-corrected chi connectivity index (χ4v) is 5.26. The van der Waals surface area contributed by atoms with Crippen LogP contribution in [0.5, 0.6) is 11.5 Å². The van der Waals surface area contributed by atoms with Gasteiger partial charge in [-0.1, -0.05) is 60.7 Å². The maximum absolute atomic E-state index is 11.9. The third-order valence-corrected chi connectivity index (χ3v) is 7.34. The van der Waals surface area contributed by atoms with Crippen molar-refractivity contribution in [3.05, 3.63) is 118 Å². The van der Waals surface area contributed by atoms with Crippen LogP contribution in [0.15, 0.2) is 84.9 Å². The van der Waals surface area contributed by atoms with Crippen molar-refractivity contribution in [2.24, 2.45) is 0 Å². The molecule has 0 fully saturated rings. The molecule has 2 N–H and O–H groups in total. The van der Waals surface area contributed by atoms with E-state index in [1.807, 2.05) is 54.6 Å². The predicted molar refractivity (Wildman–Crippen MR) is 150 cm³/mol. The Kier molecular flexibility index (Phi) is 7.62. The summed E-state index contributed by atoms with van der Waals surface area (Å²) >= 11 is 0. The summed E-state index contributed by atoms with van der Waals surface area (Å²) in [5.41, 5.74) is 7.96. The van der Waals surface area contributed by atoms with E-state index in [0.717, 1.165) is 38.9 Å². The SMILES string of the molecule is COc1cc2c(cc1OCc1cccc(-c3ccccc3)c1C)[C@H](Cc1cccc(C#N)c1)N[C@H](C(=O)O)C2. The zero-order valence-electron chi connectivity index (χ0n) is 22.0. The first-order valence-corrected chi connectivity index (χ1v) is 12.9. The zero-order chi connectivity index (χ0) is 27.4. The van der Waals surface area contributed by atoms with Crippen LogP contribution in [0, 0.1) is 18.3 Å². The van der Waals surface area contributed by atoms with Gasteiger partial charge in [0.2, 0.25) is 0 Å². The van der Waals surface area contributed by atoms with Gasteiger partial charge in [-0.25, -0.2) is 0 Å². The molecular weight excluding hydrogens is 488 g/mol. The van der Waals surface area contributed by atoms with E-state index >= 15 is 0 Å². The molecule has 0 unspecified atom stereocenters. The van der Waals surface area contributed by atoms with Gasteiger partial charge in [0.05, 0.1) is 18.7 Å². The molecule has 196 valence electrons. The lowest BCUT2D eigenvalue weighted by Gasteiger charge is -2.32. The number of carbonyl (C=O) groups is 1. The van der Waals surface area contributed by atoms with Gasteiger partial charge in [-0.3, -0.25) is 10.1 Å². The summed E-state index contributed by atoms with van der Waals surface area (Å²) in [6.45, 7) is 2.47. The molecule has 0 radical (unpaired) electrons. The minimum absolute atomic E-state index is 0.264. The summed E-state index contributed by atoms with van der Waals surface area (Å²) in [6.07, 6.45) is 0.880. The average molecular weight is 519 g/mol. The quantitative estimate of drug-likeness (QED) is 0.297. The number of hydrogen-bond donors (Lipinski definition) is 2. The van der Waals surface area contributed by atoms with E-state index in [0.29, 0.717) is 36.5 Å². The third kappa shape index (κ3) is 5.64. The second kappa shape index (κ2) is 11.4. The van der Waals surface area contributed by atoms with E-state index in [1.165, 1.54) is 0 Å². The van der Waals surface area contributed by atoms with Crippen molar-refractivity contribution in [3.8, 4) is 28.7 Å². The van der Waals surface area contributed by atoms with Gasteiger partial charge in [0, 0.05) is 6.04 Å². The van der Waals surface area contributed by atoms with Gasteiger partial charge in [0.15, 0.2) is 11.5 Å². The minimum Gasteiger partial charge on any atom is -0.493 e. The smallest absolute Gasteiger partial charge is 0.321 e. The second-order valence-electron chi connectivity index (χ2n) is 9.78. The van der Waals surface area contributed by atoms with E-state index in [4.69, 9.17) is 9.47 Å². The number of benzene rings is 4. The van der Waals surface area contributed by atoms with Crippen LogP contribution in [0.1, 0.15) is 39.4 Å². The van der Waals surface area contributed by atoms with Crippen LogP contribution in [0.2, 0.25) is 0 Å². The lowest BCUT2D eigenvalue weighted by molar-refractivity contribution is -0.139. The molecule has 0 aromatic heterocycles. The number of fused-ring (bicyclic) bond motifs is 1. The molecule has 0 amide bonds. The molecule has 4 aromatic carbocycles. The maximum Gasteiger partial charge on any atom is 0.321 e. The Morgan fingerprint density at radius 1 is 1.03 bits per heavy atom. The number of rotatable bonds is 8. The van der Waals surface area contributed by atoms with Gasteiger partial charge in [0.1, 0.15) is 12.6 Å². The van der Waals surface area contributed by atoms with Crippen molar-refractivity contribution in [1.82, 2.24) is 5.32 Å². The lowest BCUT2D eigenvalue weighted by atomic mass is 9.86. The Hall–Kier alpha value is -4.60. The Morgan fingerprint density at radius 3 is 2.56 bits per heavy atom. The molecule has 5 rings (SSSR count). The first kappa shape index (κ1) is 26.0. The highest BCUT2D eigenvalue weighted by molar-refractivity contribution is 5.75. The second-order valence-corrected chi connectivity index (χ2v) is 9.78. The topological polar surface area (TPSA) is 91.6 Å². The molecule has 0 bridgehead atoms. The van der Waals surface area contributed by atoms with Gasteiger partial charge < -0.3 is 14.6 Å². The van der Waals surface area contributed by atoms with E-state index in [9.17, 15) is 15.2 Å². The van der Waals surface area contributed by atoms with E-state index in [2.05, 4.69) is 42.6 Å². The standard InChI is InChI=1S/C33H30N2O4/c1-21-25(12-7-13-27(21)24-10-4-3-5-11-24)20-39-32-18-28-26(17-31(32)38-2)16-30(33(36)37)35-29(28)15-22-8-6-9-23(14-22)19-34/h3-14,17-18,29-30,35H,15-16,20H2,1-2H3,(H,36,37)/t29-,30-/m0/s1. The molecule has 0 spiro atoms. The van der Waals surface area contributed by atoms with E-state index < -0.39 is 12.0 Å². The Morgan fingerprint density at radius 2 is 1.82 bits per heavy atom. The van der Waals surface area contributed by atoms with Gasteiger partial charge in [0.25, 0.3) is 0 Å². The lowest BCUT2D eigenvalue weighted by Crippen LogP contribution is -2.45. The fourth-order valence-electron chi connectivity index (χ4n) is 5.26. The summed E-state index contributed by atoms with van der Waals surface area (Å²) in [6, 6.07) is 29.0. The van der Waals surface area contributed by atoms with Crippen LogP contribution < -0.4 is 14.8 Å². The number of nitrogens with zero attached hydrogens (tertiary/aromatic N) is 1. The molecule has 4 aromatic rings. The summed E-state index contributed by atoms with van der Waals surface area (Å²) in [7, 11) is 1.59. The van der Waals surface area contributed by atoms with Crippen molar-refractivity contribution in [3.63, 3.8) is 0 Å². The molecule has 0 saturated heterocycles. The van der Waals surface area contributed by atoms with Crippen molar-refractivity contribution >= 4 is 5.97 Å². The number of aliphatic carboxylic acids is 1. The van der Waals surface area contributed by atoms with Crippen molar-refractivity contribution in [2.75, 3.05) is 7.11 Å². The minimum atomic E-state index is -0.899. The van der Waals surface area contributed by atoms with Crippen LogP contribution in [0.4, 0.5) is 0 Å². The van der Waals surface area contributed by atoms with Crippen LogP contribution in [-0.2, 0) is 24.2 Å². The van der Waals surface area contributed by atoms with Crippen LogP contribution in [0.25, 0.3) is 11.1 Å². The number of carboxylic acids is 1. The largest absolute Gasteiger partial charge is 0.493 e. The van der Waals surface area contributed by atoms with Crippen molar-refractivity contribution in [2.45, 2.75) is 38.5 Å². The zero-order valence-corrected chi connectivity index (χ0v) is 22.0. The first-order valence-electron chi connectivity index (χ1n) is 12.9. The molecule has 6 nitrogen and oxygen atoms in total. The van der Waals surface area contributed by atoms with Gasteiger partial charge in [-0.2, -0.15) is 5.26 Å². The number of hydrogen-bond acceptors (Lipinski definition) is 5.